The van der Waals surface area contributed by atoms with E-state index in [2.05, 4.69) is 17.3 Å². The Bertz CT molecular complexity index is 692. The molecule has 6 nitrogen and oxygen atoms in total. The molecule has 3 saturated heterocycles. The first-order valence-corrected chi connectivity index (χ1v) is 9.82. The first kappa shape index (κ1) is 17.3. The molecule has 2 unspecified atom stereocenters. The molecule has 0 aliphatic carbocycles. The normalized spacial score (nSPS) is 26.7. The van der Waals surface area contributed by atoms with Gasteiger partial charge in [-0.2, -0.15) is 0 Å². The van der Waals surface area contributed by atoms with Gasteiger partial charge in [0.05, 0.1) is 11.4 Å². The van der Waals surface area contributed by atoms with Gasteiger partial charge >= 0.3 is 6.03 Å². The predicted molar refractivity (Wildman–Crippen MR) is 102 cm³/mol. The molecule has 3 aliphatic rings. The van der Waals surface area contributed by atoms with E-state index >= 15 is 0 Å². The fourth-order valence-electron chi connectivity index (χ4n) is 4.77. The molecule has 1 aromatic carbocycles. The molecule has 4 rings (SSSR count). The highest BCUT2D eigenvalue weighted by Gasteiger charge is 2.38. The predicted octanol–water partition coefficient (Wildman–Crippen LogP) is 2.90. The molecule has 0 aromatic heterocycles. The standard InChI is InChI=1S/C20H28N4O2/c1-22-12-4-9-17(22)18-10-5-14-24(18)20(26)21-15-7-2-3-8-16(15)23-13-6-11-19(23)25/h2-3,7-8,17-18H,4-6,9-14H2,1H3,(H,21,26). The van der Waals surface area contributed by atoms with E-state index in [9.17, 15) is 9.59 Å². The molecular weight excluding hydrogens is 328 g/mol. The van der Waals surface area contributed by atoms with Crippen LogP contribution in [0.2, 0.25) is 0 Å². The first-order valence-electron chi connectivity index (χ1n) is 9.82. The molecule has 3 aliphatic heterocycles. The van der Waals surface area contributed by atoms with Gasteiger partial charge in [0.1, 0.15) is 0 Å². The number of nitrogens with zero attached hydrogens (tertiary/aromatic N) is 3. The minimum atomic E-state index is -0.0353. The smallest absolute Gasteiger partial charge is 0.320 e. The maximum absolute atomic E-state index is 13.0. The summed E-state index contributed by atoms with van der Waals surface area (Å²) in [7, 11) is 2.17. The Morgan fingerprint density at radius 2 is 1.81 bits per heavy atom. The van der Waals surface area contributed by atoms with Crippen LogP contribution in [-0.2, 0) is 4.79 Å². The van der Waals surface area contributed by atoms with Crippen LogP contribution >= 0.6 is 0 Å². The minimum absolute atomic E-state index is 0.0353. The summed E-state index contributed by atoms with van der Waals surface area (Å²) in [6.45, 7) is 2.66. The number of urea groups is 1. The number of carbonyl (C=O) groups is 2. The summed E-state index contributed by atoms with van der Waals surface area (Å²) in [6.07, 6.45) is 5.99. The third kappa shape index (κ3) is 3.18. The third-order valence-electron chi connectivity index (χ3n) is 6.09. The van der Waals surface area contributed by atoms with Gasteiger partial charge in [0.25, 0.3) is 0 Å². The Morgan fingerprint density at radius 3 is 2.54 bits per heavy atom. The average molecular weight is 356 g/mol. The van der Waals surface area contributed by atoms with Gasteiger partial charge in [-0.1, -0.05) is 12.1 Å². The van der Waals surface area contributed by atoms with Gasteiger partial charge in [0.2, 0.25) is 5.91 Å². The van der Waals surface area contributed by atoms with Crippen molar-refractivity contribution in [1.82, 2.24) is 9.80 Å². The molecule has 0 radical (unpaired) electrons. The highest BCUT2D eigenvalue weighted by atomic mass is 16.2. The topological polar surface area (TPSA) is 55.9 Å². The van der Waals surface area contributed by atoms with Crippen LogP contribution in [-0.4, -0.2) is 60.5 Å². The zero-order chi connectivity index (χ0) is 18.1. The molecule has 3 heterocycles. The van der Waals surface area contributed by atoms with Crippen molar-refractivity contribution in [2.75, 3.05) is 36.9 Å². The van der Waals surface area contributed by atoms with Crippen LogP contribution < -0.4 is 10.2 Å². The maximum atomic E-state index is 13.0. The maximum Gasteiger partial charge on any atom is 0.322 e. The van der Waals surface area contributed by atoms with E-state index in [1.54, 1.807) is 4.90 Å². The van der Waals surface area contributed by atoms with Crippen molar-refractivity contribution in [1.29, 1.82) is 0 Å². The van der Waals surface area contributed by atoms with E-state index in [4.69, 9.17) is 0 Å². The van der Waals surface area contributed by atoms with Crippen LogP contribution in [0.5, 0.6) is 0 Å². The number of anilines is 2. The van der Waals surface area contributed by atoms with Crippen molar-refractivity contribution in [2.45, 2.75) is 50.6 Å². The zero-order valence-electron chi connectivity index (χ0n) is 15.5. The number of hydrogen-bond donors (Lipinski definition) is 1. The van der Waals surface area contributed by atoms with Crippen LogP contribution in [0, 0.1) is 0 Å². The monoisotopic (exact) mass is 356 g/mol. The number of likely N-dealkylation sites (tertiary alicyclic amines) is 2. The highest BCUT2D eigenvalue weighted by Crippen LogP contribution is 2.32. The van der Waals surface area contributed by atoms with E-state index in [1.807, 2.05) is 29.2 Å². The largest absolute Gasteiger partial charge is 0.322 e. The average Bonchev–Trinajstić information content (AvgIpc) is 3.36. The minimum Gasteiger partial charge on any atom is -0.320 e. The number of nitrogens with one attached hydrogen (secondary N) is 1. The van der Waals surface area contributed by atoms with Gasteiger partial charge in [0, 0.05) is 31.6 Å². The van der Waals surface area contributed by atoms with Gasteiger partial charge in [-0.15, -0.1) is 0 Å². The Balaban J connectivity index is 1.50. The quantitative estimate of drug-likeness (QED) is 0.906. The Hall–Kier alpha value is -2.08. The molecule has 140 valence electrons. The number of amides is 3. The summed E-state index contributed by atoms with van der Waals surface area (Å²) in [5.74, 6) is 0.137. The lowest BCUT2D eigenvalue weighted by atomic mass is 10.0. The van der Waals surface area contributed by atoms with Gasteiger partial charge in [0.15, 0.2) is 0 Å². The molecule has 1 aromatic rings. The molecule has 0 spiro atoms. The zero-order valence-corrected chi connectivity index (χ0v) is 15.5. The molecule has 3 fully saturated rings. The second-order valence-corrected chi connectivity index (χ2v) is 7.69. The van der Waals surface area contributed by atoms with Crippen molar-refractivity contribution in [3.8, 4) is 0 Å². The van der Waals surface area contributed by atoms with Crippen LogP contribution in [0.15, 0.2) is 24.3 Å². The molecule has 3 amide bonds. The highest BCUT2D eigenvalue weighted by molar-refractivity contribution is 6.01. The van der Waals surface area contributed by atoms with Crippen LogP contribution in [0.25, 0.3) is 0 Å². The summed E-state index contributed by atoms with van der Waals surface area (Å²) in [5, 5.41) is 3.09. The molecule has 2 atom stereocenters. The molecule has 0 bridgehead atoms. The van der Waals surface area contributed by atoms with Crippen molar-refractivity contribution in [2.24, 2.45) is 0 Å². The lowest BCUT2D eigenvalue weighted by Gasteiger charge is -2.33. The van der Waals surface area contributed by atoms with Crippen molar-refractivity contribution >= 4 is 23.3 Å². The van der Waals surface area contributed by atoms with Crippen LogP contribution in [0.3, 0.4) is 0 Å². The second-order valence-electron chi connectivity index (χ2n) is 7.69. The molecule has 6 heteroatoms. The Kier molecular flexibility index (Phi) is 4.85. The number of benzene rings is 1. The lowest BCUT2D eigenvalue weighted by molar-refractivity contribution is -0.117. The number of likely N-dealkylation sites (N-methyl/N-ethyl adjacent to an activating group) is 1. The fraction of sp³-hybridized carbons (Fsp3) is 0.600. The Labute approximate surface area is 155 Å². The van der Waals surface area contributed by atoms with Crippen molar-refractivity contribution in [3.05, 3.63) is 24.3 Å². The van der Waals surface area contributed by atoms with E-state index in [1.165, 1.54) is 12.8 Å². The number of para-hydroxylation sites is 2. The number of rotatable bonds is 3. The molecule has 26 heavy (non-hydrogen) atoms. The van der Waals surface area contributed by atoms with Crippen molar-refractivity contribution in [3.63, 3.8) is 0 Å². The van der Waals surface area contributed by atoms with E-state index < -0.39 is 0 Å². The van der Waals surface area contributed by atoms with E-state index in [0.717, 1.165) is 50.3 Å². The van der Waals surface area contributed by atoms with Gasteiger partial charge in [-0.25, -0.2) is 4.79 Å². The van der Waals surface area contributed by atoms with Crippen LogP contribution in [0.1, 0.15) is 38.5 Å². The summed E-state index contributed by atoms with van der Waals surface area (Å²) in [4.78, 5) is 31.4. The summed E-state index contributed by atoms with van der Waals surface area (Å²) >= 11 is 0. The van der Waals surface area contributed by atoms with E-state index in [0.29, 0.717) is 18.5 Å². The summed E-state index contributed by atoms with van der Waals surface area (Å²) in [6, 6.07) is 8.37. The molecule has 0 saturated carbocycles. The molecular formula is C20H28N4O2. The summed E-state index contributed by atoms with van der Waals surface area (Å²) in [5.41, 5.74) is 1.55. The summed E-state index contributed by atoms with van der Waals surface area (Å²) < 4.78 is 0. The van der Waals surface area contributed by atoms with Crippen LogP contribution in [0.4, 0.5) is 16.2 Å². The third-order valence-corrected chi connectivity index (χ3v) is 6.09. The van der Waals surface area contributed by atoms with Gasteiger partial charge in [-0.3, -0.25) is 4.79 Å². The number of carbonyl (C=O) groups excluding carboxylic acids is 2. The van der Waals surface area contributed by atoms with Crippen molar-refractivity contribution < 1.29 is 9.59 Å². The van der Waals surface area contributed by atoms with E-state index in [-0.39, 0.29) is 11.9 Å². The van der Waals surface area contributed by atoms with Gasteiger partial charge < -0.3 is 20.0 Å². The Morgan fingerprint density at radius 1 is 1.04 bits per heavy atom. The van der Waals surface area contributed by atoms with Gasteiger partial charge in [-0.05, 0) is 57.8 Å². The second kappa shape index (κ2) is 7.27. The fourth-order valence-corrected chi connectivity index (χ4v) is 4.77. The number of hydrogen-bond acceptors (Lipinski definition) is 3. The SMILES string of the molecule is CN1CCCC1C1CCCN1C(=O)Nc1ccccc1N1CCCC1=O. The first-order chi connectivity index (χ1) is 12.6. The lowest BCUT2D eigenvalue weighted by Crippen LogP contribution is -2.48. The molecule has 1 N–H and O–H groups in total.